The average molecular weight is 426 g/mol. The van der Waals surface area contributed by atoms with Crippen molar-refractivity contribution in [3.63, 3.8) is 0 Å². The van der Waals surface area contributed by atoms with Crippen LogP contribution in [0.25, 0.3) is 0 Å². The van der Waals surface area contributed by atoms with E-state index in [4.69, 9.17) is 0 Å². The number of rotatable bonds is 12. The number of hydrogen-bond acceptors (Lipinski definition) is 4. The van der Waals surface area contributed by atoms with Gasteiger partial charge in [0, 0.05) is 31.2 Å². The summed E-state index contributed by atoms with van der Waals surface area (Å²) < 4.78 is 2.15. The van der Waals surface area contributed by atoms with Gasteiger partial charge in [0.15, 0.2) is 0 Å². The average Bonchev–Trinajstić information content (AvgIpc) is 3.42. The Morgan fingerprint density at radius 3 is 2.52 bits per heavy atom. The lowest BCUT2D eigenvalue weighted by Gasteiger charge is -2.17. The number of aromatic nitrogens is 3. The molecule has 1 aromatic carbocycles. The van der Waals surface area contributed by atoms with Gasteiger partial charge < -0.3 is 9.67 Å². The van der Waals surface area contributed by atoms with Crippen LogP contribution in [0.15, 0.2) is 18.2 Å². The quantitative estimate of drug-likeness (QED) is 0.519. The summed E-state index contributed by atoms with van der Waals surface area (Å²) in [6, 6.07) is 6.43. The number of aliphatic carboxylic acids is 1. The van der Waals surface area contributed by atoms with Crippen LogP contribution >= 0.6 is 0 Å². The molecule has 3 rings (SSSR count). The Labute approximate surface area is 185 Å². The number of Topliss-reactive ketones (excluding diaryl/α,β-unsaturated/α-hetero) is 1. The molecule has 1 aromatic heterocycles. The van der Waals surface area contributed by atoms with Gasteiger partial charge in [-0.3, -0.25) is 9.59 Å². The first-order valence-corrected chi connectivity index (χ1v) is 11.5. The van der Waals surface area contributed by atoms with Crippen molar-refractivity contribution in [3.8, 4) is 0 Å². The van der Waals surface area contributed by atoms with Gasteiger partial charge in [-0.2, -0.15) is 0 Å². The Morgan fingerprint density at radius 1 is 1.16 bits per heavy atom. The molecule has 6 heteroatoms. The molecule has 1 N–H and O–H groups in total. The van der Waals surface area contributed by atoms with Crippen molar-refractivity contribution in [2.45, 2.75) is 91.0 Å². The van der Waals surface area contributed by atoms with E-state index in [9.17, 15) is 14.7 Å². The van der Waals surface area contributed by atoms with Crippen LogP contribution in [-0.4, -0.2) is 31.6 Å². The number of carboxylic acids is 1. The SMILES string of the molecule is Cc1ccc(CC(=O)CC(CC(=O)O)c2nnc(CCCC(C)C)n2C2CC2)c(C)c1. The van der Waals surface area contributed by atoms with Crippen LogP contribution in [0, 0.1) is 19.8 Å². The van der Waals surface area contributed by atoms with Crippen LogP contribution in [0.4, 0.5) is 0 Å². The van der Waals surface area contributed by atoms with Crippen molar-refractivity contribution in [2.24, 2.45) is 5.92 Å². The lowest BCUT2D eigenvalue weighted by molar-refractivity contribution is -0.137. The largest absolute Gasteiger partial charge is 0.481 e. The van der Waals surface area contributed by atoms with Crippen molar-refractivity contribution in [1.82, 2.24) is 14.8 Å². The minimum absolute atomic E-state index is 0.0462. The standard InChI is InChI=1S/C25H35N3O3/c1-16(2)6-5-7-23-26-27-25(28(23)21-10-11-21)20(15-24(30)31)14-22(29)13-19-9-8-17(3)12-18(19)4/h8-9,12,16,20-21H,5-7,10-11,13-15H2,1-4H3,(H,30,31). The first-order chi connectivity index (χ1) is 14.7. The zero-order chi connectivity index (χ0) is 22.5. The highest BCUT2D eigenvalue weighted by molar-refractivity contribution is 5.82. The summed E-state index contributed by atoms with van der Waals surface area (Å²) in [5.41, 5.74) is 3.26. The number of carbonyl (C=O) groups excluding carboxylic acids is 1. The summed E-state index contributed by atoms with van der Waals surface area (Å²) >= 11 is 0. The van der Waals surface area contributed by atoms with Crippen molar-refractivity contribution >= 4 is 11.8 Å². The maximum Gasteiger partial charge on any atom is 0.304 e. The van der Waals surface area contributed by atoms with Gasteiger partial charge in [0.25, 0.3) is 0 Å². The Bertz CT molecular complexity index is 928. The summed E-state index contributed by atoms with van der Waals surface area (Å²) in [5.74, 6) is 0.955. The van der Waals surface area contributed by atoms with Crippen LogP contribution in [0.3, 0.4) is 0 Å². The molecule has 0 saturated heterocycles. The molecule has 0 radical (unpaired) electrons. The number of hydrogen-bond donors (Lipinski definition) is 1. The Balaban J connectivity index is 1.77. The zero-order valence-electron chi connectivity index (χ0n) is 19.2. The fraction of sp³-hybridized carbons (Fsp3) is 0.600. The second kappa shape index (κ2) is 10.2. The maximum atomic E-state index is 12.9. The first-order valence-electron chi connectivity index (χ1n) is 11.5. The monoisotopic (exact) mass is 425 g/mol. The summed E-state index contributed by atoms with van der Waals surface area (Å²) in [7, 11) is 0. The molecule has 168 valence electrons. The van der Waals surface area contributed by atoms with E-state index < -0.39 is 11.9 Å². The normalized spacial score (nSPS) is 14.7. The maximum absolute atomic E-state index is 12.9. The molecule has 0 amide bonds. The predicted octanol–water partition coefficient (Wildman–Crippen LogP) is 4.97. The molecule has 1 atom stereocenters. The molecule has 31 heavy (non-hydrogen) atoms. The van der Waals surface area contributed by atoms with E-state index in [2.05, 4.69) is 34.7 Å². The van der Waals surface area contributed by atoms with E-state index in [1.54, 1.807) is 0 Å². The summed E-state index contributed by atoms with van der Waals surface area (Å²) in [6.07, 6.45) is 5.54. The van der Waals surface area contributed by atoms with Crippen LogP contribution in [0.1, 0.15) is 92.7 Å². The highest BCUT2D eigenvalue weighted by Crippen LogP contribution is 2.39. The van der Waals surface area contributed by atoms with Gasteiger partial charge in [-0.25, -0.2) is 0 Å². The second-order valence-electron chi connectivity index (χ2n) is 9.51. The van der Waals surface area contributed by atoms with Gasteiger partial charge >= 0.3 is 5.97 Å². The van der Waals surface area contributed by atoms with E-state index in [1.165, 1.54) is 5.56 Å². The third-order valence-corrected chi connectivity index (χ3v) is 6.03. The molecule has 0 spiro atoms. The van der Waals surface area contributed by atoms with Gasteiger partial charge in [-0.05, 0) is 50.2 Å². The Hall–Kier alpha value is -2.50. The summed E-state index contributed by atoms with van der Waals surface area (Å²) in [4.78, 5) is 24.5. The summed E-state index contributed by atoms with van der Waals surface area (Å²) in [6.45, 7) is 8.46. The number of nitrogens with zero attached hydrogens (tertiary/aromatic N) is 3. The van der Waals surface area contributed by atoms with Crippen LogP contribution in [0.5, 0.6) is 0 Å². The van der Waals surface area contributed by atoms with E-state index in [0.29, 0.717) is 24.2 Å². The molecule has 0 aliphatic heterocycles. The second-order valence-corrected chi connectivity index (χ2v) is 9.51. The fourth-order valence-corrected chi connectivity index (χ4v) is 4.25. The number of benzene rings is 1. The van der Waals surface area contributed by atoms with Gasteiger partial charge in [-0.1, -0.05) is 44.0 Å². The van der Waals surface area contributed by atoms with Crippen LogP contribution in [-0.2, 0) is 22.4 Å². The van der Waals surface area contributed by atoms with Gasteiger partial charge in [-0.15, -0.1) is 10.2 Å². The third kappa shape index (κ3) is 6.49. The predicted molar refractivity (Wildman–Crippen MR) is 120 cm³/mol. The fourth-order valence-electron chi connectivity index (χ4n) is 4.25. The smallest absolute Gasteiger partial charge is 0.304 e. The molecular weight excluding hydrogens is 390 g/mol. The molecule has 6 nitrogen and oxygen atoms in total. The Morgan fingerprint density at radius 2 is 1.90 bits per heavy atom. The minimum Gasteiger partial charge on any atom is -0.481 e. The highest BCUT2D eigenvalue weighted by Gasteiger charge is 2.33. The molecule has 2 aromatic rings. The lowest BCUT2D eigenvalue weighted by atomic mass is 9.93. The number of carbonyl (C=O) groups is 2. The minimum atomic E-state index is -0.906. The topological polar surface area (TPSA) is 85.1 Å². The zero-order valence-corrected chi connectivity index (χ0v) is 19.2. The van der Waals surface area contributed by atoms with Gasteiger partial charge in [0.2, 0.25) is 0 Å². The van der Waals surface area contributed by atoms with E-state index in [0.717, 1.165) is 49.1 Å². The van der Waals surface area contributed by atoms with Gasteiger partial charge in [0.05, 0.1) is 6.42 Å². The van der Waals surface area contributed by atoms with E-state index in [1.807, 2.05) is 26.0 Å². The van der Waals surface area contributed by atoms with Crippen LogP contribution < -0.4 is 0 Å². The molecule has 1 fully saturated rings. The van der Waals surface area contributed by atoms with Crippen LogP contribution in [0.2, 0.25) is 0 Å². The van der Waals surface area contributed by atoms with Crippen molar-refractivity contribution in [3.05, 3.63) is 46.5 Å². The molecular formula is C25H35N3O3. The highest BCUT2D eigenvalue weighted by atomic mass is 16.4. The number of aryl methyl sites for hydroxylation is 3. The molecule has 0 bridgehead atoms. The molecule has 1 heterocycles. The third-order valence-electron chi connectivity index (χ3n) is 6.03. The van der Waals surface area contributed by atoms with Crippen molar-refractivity contribution < 1.29 is 14.7 Å². The van der Waals surface area contributed by atoms with E-state index >= 15 is 0 Å². The van der Waals surface area contributed by atoms with Crippen molar-refractivity contribution in [2.75, 3.05) is 0 Å². The lowest BCUT2D eigenvalue weighted by Crippen LogP contribution is -2.18. The molecule has 1 unspecified atom stereocenters. The molecule has 1 aliphatic carbocycles. The van der Waals surface area contributed by atoms with Crippen molar-refractivity contribution in [1.29, 1.82) is 0 Å². The number of carboxylic acid groups (broad SMARTS) is 1. The summed E-state index contributed by atoms with van der Waals surface area (Å²) in [5, 5.41) is 18.3. The van der Waals surface area contributed by atoms with Gasteiger partial charge in [0.1, 0.15) is 17.4 Å². The first kappa shape index (κ1) is 23.2. The molecule has 1 saturated carbocycles. The Kier molecular flexibility index (Phi) is 7.63. The molecule has 1 aliphatic rings. The van der Waals surface area contributed by atoms with E-state index in [-0.39, 0.29) is 18.6 Å². The number of ketones is 1.